The monoisotopic (exact) mass is 270 g/mol. The Kier molecular flexibility index (Phi) is 3.84. The van der Waals surface area contributed by atoms with Gasteiger partial charge in [0.05, 0.1) is 0 Å². The van der Waals surface area contributed by atoms with Gasteiger partial charge in [0, 0.05) is 12.2 Å². The van der Waals surface area contributed by atoms with E-state index >= 15 is 0 Å². The Morgan fingerprint density at radius 1 is 1.44 bits per heavy atom. The molecule has 7 heteroatoms. The van der Waals surface area contributed by atoms with Crippen LogP contribution in [0.25, 0.3) is 0 Å². The van der Waals surface area contributed by atoms with Crippen molar-refractivity contribution >= 4 is 15.8 Å². The molecule has 0 radical (unpaired) electrons. The molecule has 0 unspecified atom stereocenters. The number of aromatic nitrogens is 1. The molecule has 0 aliphatic carbocycles. The quantitative estimate of drug-likeness (QED) is 0.821. The van der Waals surface area contributed by atoms with E-state index in [-0.39, 0.29) is 10.9 Å². The van der Waals surface area contributed by atoms with Crippen molar-refractivity contribution in [2.45, 2.75) is 23.8 Å². The molecular formula is C11H18N4O2S. The molecule has 0 bridgehead atoms. The summed E-state index contributed by atoms with van der Waals surface area (Å²) >= 11 is 0. The molecule has 0 aromatic carbocycles. The van der Waals surface area contributed by atoms with Crippen molar-refractivity contribution in [3.8, 4) is 0 Å². The van der Waals surface area contributed by atoms with Crippen LogP contribution in [0.2, 0.25) is 0 Å². The Hall–Kier alpha value is -1.18. The van der Waals surface area contributed by atoms with Gasteiger partial charge in [0.2, 0.25) is 10.0 Å². The number of likely N-dealkylation sites (tertiary alicyclic amines) is 1. The van der Waals surface area contributed by atoms with E-state index in [4.69, 9.17) is 5.14 Å². The normalized spacial score (nSPS) is 18.8. The first-order chi connectivity index (χ1) is 8.47. The van der Waals surface area contributed by atoms with Crippen molar-refractivity contribution in [3.63, 3.8) is 0 Å². The second kappa shape index (κ2) is 5.21. The molecule has 0 saturated carbocycles. The van der Waals surface area contributed by atoms with E-state index in [0.717, 1.165) is 25.9 Å². The minimum Gasteiger partial charge on any atom is -0.366 e. The highest BCUT2D eigenvalue weighted by molar-refractivity contribution is 7.89. The summed E-state index contributed by atoms with van der Waals surface area (Å²) in [5.74, 6) is 0.356. The highest BCUT2D eigenvalue weighted by atomic mass is 32.2. The molecular weight excluding hydrogens is 252 g/mol. The van der Waals surface area contributed by atoms with Crippen molar-refractivity contribution in [2.75, 3.05) is 25.5 Å². The number of nitrogens with two attached hydrogens (primary N) is 1. The van der Waals surface area contributed by atoms with Crippen LogP contribution in [0, 0.1) is 0 Å². The lowest BCUT2D eigenvalue weighted by Gasteiger charge is -2.30. The van der Waals surface area contributed by atoms with Crippen LogP contribution in [0.4, 0.5) is 5.82 Å². The number of nitrogens with zero attached hydrogens (tertiary/aromatic N) is 2. The van der Waals surface area contributed by atoms with Crippen molar-refractivity contribution < 1.29 is 8.42 Å². The molecule has 1 aliphatic rings. The van der Waals surface area contributed by atoms with Crippen molar-refractivity contribution in [2.24, 2.45) is 5.14 Å². The largest absolute Gasteiger partial charge is 0.366 e. The van der Waals surface area contributed by atoms with Gasteiger partial charge in [-0.2, -0.15) is 0 Å². The molecule has 3 N–H and O–H groups in total. The fourth-order valence-electron chi connectivity index (χ4n) is 2.07. The summed E-state index contributed by atoms with van der Waals surface area (Å²) in [6.07, 6.45) is 3.50. The third-order valence-electron chi connectivity index (χ3n) is 3.14. The Labute approximate surface area is 107 Å². The SMILES string of the molecule is CN1CCC(Nc2ncccc2S(N)(=O)=O)CC1. The van der Waals surface area contributed by atoms with Crippen LogP contribution in [0.15, 0.2) is 23.2 Å². The lowest BCUT2D eigenvalue weighted by atomic mass is 10.1. The maximum Gasteiger partial charge on any atom is 0.241 e. The molecule has 1 aromatic rings. The van der Waals surface area contributed by atoms with Gasteiger partial charge in [-0.3, -0.25) is 0 Å². The van der Waals surface area contributed by atoms with E-state index in [1.54, 1.807) is 12.3 Å². The van der Waals surface area contributed by atoms with Gasteiger partial charge in [-0.05, 0) is 45.1 Å². The third kappa shape index (κ3) is 3.18. The lowest BCUT2D eigenvalue weighted by molar-refractivity contribution is 0.263. The predicted octanol–water partition coefficient (Wildman–Crippen LogP) is 0.235. The Morgan fingerprint density at radius 2 is 2.11 bits per heavy atom. The number of primary sulfonamides is 1. The smallest absolute Gasteiger partial charge is 0.241 e. The Bertz CT molecular complexity index is 510. The molecule has 1 saturated heterocycles. The van der Waals surface area contributed by atoms with Gasteiger partial charge in [-0.15, -0.1) is 0 Å². The molecule has 1 aromatic heterocycles. The number of sulfonamides is 1. The molecule has 6 nitrogen and oxygen atoms in total. The highest BCUT2D eigenvalue weighted by Gasteiger charge is 2.20. The predicted molar refractivity (Wildman–Crippen MR) is 69.8 cm³/mol. The standard InChI is InChI=1S/C11H18N4O2S/c1-15-7-4-9(5-8-15)14-11-10(18(12,16)17)3-2-6-13-11/h2-3,6,9H,4-5,7-8H2,1H3,(H,13,14)(H2,12,16,17). The summed E-state index contributed by atoms with van der Waals surface area (Å²) in [5.41, 5.74) is 0. The maximum atomic E-state index is 11.4. The van der Waals surface area contributed by atoms with E-state index in [2.05, 4.69) is 22.2 Å². The number of piperidine rings is 1. The number of pyridine rings is 1. The van der Waals surface area contributed by atoms with E-state index in [0.29, 0.717) is 5.82 Å². The van der Waals surface area contributed by atoms with E-state index in [9.17, 15) is 8.42 Å². The van der Waals surface area contributed by atoms with Crippen LogP contribution >= 0.6 is 0 Å². The van der Waals surface area contributed by atoms with Crippen molar-refractivity contribution in [3.05, 3.63) is 18.3 Å². The molecule has 1 aliphatic heterocycles. The van der Waals surface area contributed by atoms with Gasteiger partial charge in [0.1, 0.15) is 10.7 Å². The second-order valence-corrected chi connectivity index (χ2v) is 6.15. The maximum absolute atomic E-state index is 11.4. The zero-order valence-corrected chi connectivity index (χ0v) is 11.2. The first-order valence-corrected chi connectivity index (χ1v) is 7.44. The summed E-state index contributed by atoms with van der Waals surface area (Å²) in [6, 6.07) is 3.29. The van der Waals surface area contributed by atoms with Crippen molar-refractivity contribution in [1.82, 2.24) is 9.88 Å². The average molecular weight is 270 g/mol. The third-order valence-corrected chi connectivity index (χ3v) is 4.08. The Balaban J connectivity index is 2.15. The van der Waals surface area contributed by atoms with E-state index in [1.807, 2.05) is 0 Å². The summed E-state index contributed by atoms with van der Waals surface area (Å²) in [7, 11) is -1.65. The molecule has 0 amide bonds. The van der Waals surface area contributed by atoms with Gasteiger partial charge in [0.25, 0.3) is 0 Å². The van der Waals surface area contributed by atoms with Gasteiger partial charge < -0.3 is 10.2 Å². The second-order valence-electron chi connectivity index (χ2n) is 4.62. The van der Waals surface area contributed by atoms with Gasteiger partial charge >= 0.3 is 0 Å². The fourth-order valence-corrected chi connectivity index (χ4v) is 2.72. The van der Waals surface area contributed by atoms with Gasteiger partial charge in [-0.1, -0.05) is 0 Å². The molecule has 0 spiro atoms. The number of hydrogen-bond donors (Lipinski definition) is 2. The van der Waals surface area contributed by atoms with Crippen LogP contribution in [0.3, 0.4) is 0 Å². The molecule has 2 rings (SSSR count). The molecule has 18 heavy (non-hydrogen) atoms. The number of nitrogens with one attached hydrogen (secondary N) is 1. The summed E-state index contributed by atoms with van der Waals surface area (Å²) in [6.45, 7) is 1.99. The lowest BCUT2D eigenvalue weighted by Crippen LogP contribution is -2.37. The molecule has 2 heterocycles. The van der Waals surface area contributed by atoms with Crippen LogP contribution in [-0.2, 0) is 10.0 Å². The first-order valence-electron chi connectivity index (χ1n) is 5.90. The zero-order chi connectivity index (χ0) is 13.2. The first kappa shape index (κ1) is 13.3. The topological polar surface area (TPSA) is 88.3 Å². The summed E-state index contributed by atoms with van der Waals surface area (Å²) in [4.78, 5) is 6.38. The summed E-state index contributed by atoms with van der Waals surface area (Å²) in [5, 5.41) is 8.35. The van der Waals surface area contributed by atoms with Crippen LogP contribution in [0.1, 0.15) is 12.8 Å². The molecule has 100 valence electrons. The van der Waals surface area contributed by atoms with E-state index in [1.165, 1.54) is 6.07 Å². The van der Waals surface area contributed by atoms with Gasteiger partial charge in [0.15, 0.2) is 0 Å². The molecule has 0 atom stereocenters. The number of rotatable bonds is 3. The summed E-state index contributed by atoms with van der Waals surface area (Å²) < 4.78 is 22.9. The Morgan fingerprint density at radius 3 is 2.72 bits per heavy atom. The van der Waals surface area contributed by atoms with Crippen molar-refractivity contribution in [1.29, 1.82) is 0 Å². The van der Waals surface area contributed by atoms with Crippen LogP contribution in [-0.4, -0.2) is 44.5 Å². The minimum atomic E-state index is -3.73. The van der Waals surface area contributed by atoms with E-state index < -0.39 is 10.0 Å². The zero-order valence-electron chi connectivity index (χ0n) is 10.3. The molecule has 1 fully saturated rings. The number of hydrogen-bond acceptors (Lipinski definition) is 5. The van der Waals surface area contributed by atoms with Crippen LogP contribution < -0.4 is 10.5 Å². The average Bonchev–Trinajstić information content (AvgIpc) is 2.31. The highest BCUT2D eigenvalue weighted by Crippen LogP contribution is 2.20. The van der Waals surface area contributed by atoms with Gasteiger partial charge in [-0.25, -0.2) is 18.5 Å². The minimum absolute atomic E-state index is 0.0592. The number of anilines is 1. The fraction of sp³-hybridized carbons (Fsp3) is 0.545. The van der Waals surface area contributed by atoms with Crippen LogP contribution in [0.5, 0.6) is 0 Å².